The number of nitrogens with zero attached hydrogens (tertiary/aromatic N) is 3. The molecule has 0 unspecified atom stereocenters. The number of benzene rings is 1. The SMILES string of the molecule is O=S(=O)(NCCc1cccnc1)c1cc2ccccc2nc1NCc1ccnc(OC2CCCC2)c1. The summed E-state index contributed by atoms with van der Waals surface area (Å²) in [5, 5.41) is 3.99. The molecule has 0 spiro atoms. The van der Waals surface area contributed by atoms with Crippen LogP contribution < -0.4 is 14.8 Å². The largest absolute Gasteiger partial charge is 0.474 e. The number of pyridine rings is 3. The zero-order valence-corrected chi connectivity index (χ0v) is 20.7. The van der Waals surface area contributed by atoms with E-state index in [-0.39, 0.29) is 17.5 Å². The molecule has 1 aliphatic rings. The first-order valence-electron chi connectivity index (χ1n) is 12.2. The van der Waals surface area contributed by atoms with Gasteiger partial charge in [0.25, 0.3) is 0 Å². The summed E-state index contributed by atoms with van der Waals surface area (Å²) in [7, 11) is -3.81. The standard InChI is InChI=1S/C27H29N5O3S/c33-36(34,31-15-12-20-6-5-13-28-18-20)25-17-22-7-1-4-10-24(22)32-27(25)30-19-21-11-14-29-26(16-21)35-23-8-2-3-9-23/h1,4-7,10-11,13-14,16-18,23,31H,2-3,8-9,12,15,19H2,(H,30,32). The van der Waals surface area contributed by atoms with Gasteiger partial charge in [-0.05, 0) is 67.5 Å². The first-order chi connectivity index (χ1) is 17.6. The first-order valence-corrected chi connectivity index (χ1v) is 13.7. The van der Waals surface area contributed by atoms with E-state index in [2.05, 4.69) is 25.0 Å². The number of sulfonamides is 1. The van der Waals surface area contributed by atoms with Crippen molar-refractivity contribution in [3.05, 3.63) is 84.3 Å². The Balaban J connectivity index is 1.34. The van der Waals surface area contributed by atoms with Crippen molar-refractivity contribution in [2.24, 2.45) is 0 Å². The van der Waals surface area contributed by atoms with E-state index in [1.165, 1.54) is 12.8 Å². The minimum Gasteiger partial charge on any atom is -0.474 e. The number of anilines is 1. The molecule has 5 rings (SSSR count). The van der Waals surface area contributed by atoms with Gasteiger partial charge in [0, 0.05) is 43.1 Å². The fourth-order valence-corrected chi connectivity index (χ4v) is 5.55. The monoisotopic (exact) mass is 503 g/mol. The number of fused-ring (bicyclic) bond motifs is 1. The molecule has 1 aromatic carbocycles. The van der Waals surface area contributed by atoms with E-state index < -0.39 is 10.0 Å². The molecule has 0 bridgehead atoms. The van der Waals surface area contributed by atoms with Crippen LogP contribution in [-0.2, 0) is 23.0 Å². The Morgan fingerprint density at radius 1 is 0.972 bits per heavy atom. The number of para-hydroxylation sites is 1. The third-order valence-electron chi connectivity index (χ3n) is 6.26. The van der Waals surface area contributed by atoms with Crippen molar-refractivity contribution in [3.63, 3.8) is 0 Å². The van der Waals surface area contributed by atoms with Gasteiger partial charge < -0.3 is 10.1 Å². The van der Waals surface area contributed by atoms with Gasteiger partial charge in [0.2, 0.25) is 15.9 Å². The zero-order chi connectivity index (χ0) is 24.8. The molecule has 1 aliphatic carbocycles. The van der Waals surface area contributed by atoms with E-state index in [9.17, 15) is 8.42 Å². The van der Waals surface area contributed by atoms with Gasteiger partial charge >= 0.3 is 0 Å². The Kier molecular flexibility index (Phi) is 7.39. The smallest absolute Gasteiger partial charge is 0.244 e. The van der Waals surface area contributed by atoms with E-state index in [4.69, 9.17) is 4.74 Å². The van der Waals surface area contributed by atoms with Crippen molar-refractivity contribution in [1.82, 2.24) is 19.7 Å². The first kappa shape index (κ1) is 24.1. The number of hydrogen-bond acceptors (Lipinski definition) is 7. The summed E-state index contributed by atoms with van der Waals surface area (Å²) in [6.45, 7) is 0.638. The van der Waals surface area contributed by atoms with Crippen molar-refractivity contribution in [2.45, 2.75) is 49.6 Å². The summed E-state index contributed by atoms with van der Waals surface area (Å²) in [4.78, 5) is 13.2. The van der Waals surface area contributed by atoms with Crippen molar-refractivity contribution < 1.29 is 13.2 Å². The molecule has 0 atom stereocenters. The van der Waals surface area contributed by atoms with Gasteiger partial charge in [-0.2, -0.15) is 0 Å². The lowest BCUT2D eigenvalue weighted by Crippen LogP contribution is -2.27. The van der Waals surface area contributed by atoms with Crippen molar-refractivity contribution >= 4 is 26.7 Å². The maximum Gasteiger partial charge on any atom is 0.244 e. The zero-order valence-electron chi connectivity index (χ0n) is 19.9. The second kappa shape index (κ2) is 11.0. The molecule has 0 amide bonds. The van der Waals surface area contributed by atoms with Crippen molar-refractivity contribution in [3.8, 4) is 5.88 Å². The minimum absolute atomic E-state index is 0.115. The Labute approximate surface area is 211 Å². The summed E-state index contributed by atoms with van der Waals surface area (Å²) in [6, 6.07) is 16.7. The number of aromatic nitrogens is 3. The third-order valence-corrected chi connectivity index (χ3v) is 7.73. The lowest BCUT2D eigenvalue weighted by atomic mass is 10.2. The van der Waals surface area contributed by atoms with E-state index >= 15 is 0 Å². The van der Waals surface area contributed by atoms with Gasteiger partial charge in [-0.25, -0.2) is 23.1 Å². The molecule has 0 radical (unpaired) electrons. The normalized spacial score (nSPS) is 14.2. The van der Waals surface area contributed by atoms with Gasteiger partial charge in [-0.1, -0.05) is 24.3 Å². The molecule has 4 aromatic rings. The van der Waals surface area contributed by atoms with E-state index in [0.717, 1.165) is 29.4 Å². The summed E-state index contributed by atoms with van der Waals surface area (Å²) < 4.78 is 35.3. The highest BCUT2D eigenvalue weighted by atomic mass is 32.2. The van der Waals surface area contributed by atoms with Crippen LogP contribution in [0.25, 0.3) is 10.9 Å². The third kappa shape index (κ3) is 5.98. The molecule has 1 fully saturated rings. The molecular formula is C27H29N5O3S. The van der Waals surface area contributed by atoms with Crippen LogP contribution in [0.4, 0.5) is 5.82 Å². The van der Waals surface area contributed by atoms with Crippen LogP contribution in [0.3, 0.4) is 0 Å². The lowest BCUT2D eigenvalue weighted by Gasteiger charge is -2.15. The highest BCUT2D eigenvalue weighted by Crippen LogP contribution is 2.26. The number of hydrogen-bond donors (Lipinski definition) is 2. The summed E-state index contributed by atoms with van der Waals surface area (Å²) in [6.07, 6.45) is 10.4. The topological polar surface area (TPSA) is 106 Å². The van der Waals surface area contributed by atoms with Crippen molar-refractivity contribution in [1.29, 1.82) is 0 Å². The van der Waals surface area contributed by atoms with Crippen LogP contribution in [0.15, 0.2) is 78.1 Å². The average Bonchev–Trinajstić information content (AvgIpc) is 3.41. The van der Waals surface area contributed by atoms with E-state index in [0.29, 0.717) is 30.2 Å². The maximum atomic E-state index is 13.3. The van der Waals surface area contributed by atoms with E-state index in [1.54, 1.807) is 24.7 Å². The minimum atomic E-state index is -3.81. The van der Waals surface area contributed by atoms with Gasteiger partial charge in [0.15, 0.2) is 0 Å². The van der Waals surface area contributed by atoms with Gasteiger partial charge in [-0.3, -0.25) is 4.98 Å². The van der Waals surface area contributed by atoms with Gasteiger partial charge in [0.1, 0.15) is 16.8 Å². The fraction of sp³-hybridized carbons (Fsp3) is 0.296. The number of ether oxygens (including phenoxy) is 1. The molecular weight excluding hydrogens is 474 g/mol. The molecule has 36 heavy (non-hydrogen) atoms. The molecule has 0 aliphatic heterocycles. The Morgan fingerprint density at radius 3 is 2.67 bits per heavy atom. The summed E-state index contributed by atoms with van der Waals surface area (Å²) in [5.41, 5.74) is 2.61. The number of rotatable bonds is 10. The van der Waals surface area contributed by atoms with Crippen LogP contribution >= 0.6 is 0 Å². The van der Waals surface area contributed by atoms with Crippen LogP contribution in [0.1, 0.15) is 36.8 Å². The number of nitrogens with one attached hydrogen (secondary N) is 2. The highest BCUT2D eigenvalue weighted by Gasteiger charge is 2.21. The summed E-state index contributed by atoms with van der Waals surface area (Å²) in [5.74, 6) is 0.898. The molecule has 186 valence electrons. The van der Waals surface area contributed by atoms with Crippen LogP contribution in [0.5, 0.6) is 5.88 Å². The fourth-order valence-electron chi connectivity index (χ4n) is 4.37. The van der Waals surface area contributed by atoms with Crippen molar-refractivity contribution in [2.75, 3.05) is 11.9 Å². The second-order valence-electron chi connectivity index (χ2n) is 8.92. The van der Waals surface area contributed by atoms with Gasteiger partial charge in [-0.15, -0.1) is 0 Å². The van der Waals surface area contributed by atoms with Crippen LogP contribution in [0.2, 0.25) is 0 Å². The molecule has 2 N–H and O–H groups in total. The Morgan fingerprint density at radius 2 is 1.83 bits per heavy atom. The Hall–Kier alpha value is -3.56. The quantitative estimate of drug-likeness (QED) is 0.329. The lowest BCUT2D eigenvalue weighted by molar-refractivity contribution is 0.201. The highest BCUT2D eigenvalue weighted by molar-refractivity contribution is 7.89. The molecule has 9 heteroatoms. The van der Waals surface area contributed by atoms with Gasteiger partial charge in [0.05, 0.1) is 5.52 Å². The predicted molar refractivity (Wildman–Crippen MR) is 139 cm³/mol. The summed E-state index contributed by atoms with van der Waals surface area (Å²) >= 11 is 0. The van der Waals surface area contributed by atoms with E-state index in [1.807, 2.05) is 48.5 Å². The average molecular weight is 504 g/mol. The maximum absolute atomic E-state index is 13.3. The molecule has 3 heterocycles. The molecule has 0 saturated heterocycles. The molecule has 3 aromatic heterocycles. The molecule has 1 saturated carbocycles. The van der Waals surface area contributed by atoms with Crippen LogP contribution in [0, 0.1) is 0 Å². The molecule has 8 nitrogen and oxygen atoms in total. The predicted octanol–water partition coefficient (Wildman–Crippen LogP) is 4.48. The Bertz CT molecular complexity index is 1420. The van der Waals surface area contributed by atoms with Crippen LogP contribution in [-0.4, -0.2) is 36.0 Å². The second-order valence-corrected chi connectivity index (χ2v) is 10.7.